The van der Waals surface area contributed by atoms with E-state index in [0.717, 1.165) is 12.8 Å². The first-order chi connectivity index (χ1) is 9.04. The molecule has 0 aliphatic rings. The van der Waals surface area contributed by atoms with Crippen molar-refractivity contribution < 1.29 is 0 Å². The van der Waals surface area contributed by atoms with Crippen LogP contribution in [0, 0.1) is 0 Å². The van der Waals surface area contributed by atoms with Crippen LogP contribution in [0.4, 0.5) is 0 Å². The molecule has 0 bridgehead atoms. The molecular formula is C8H33B8N2P3. The molecule has 0 aliphatic heterocycles. The van der Waals surface area contributed by atoms with Gasteiger partial charge >= 0.3 is 142 Å². The van der Waals surface area contributed by atoms with Crippen molar-refractivity contribution in [2.24, 2.45) is 9.49 Å². The van der Waals surface area contributed by atoms with Gasteiger partial charge in [-0.2, -0.15) is 0 Å². The molecule has 0 aliphatic carbocycles. The van der Waals surface area contributed by atoms with Crippen LogP contribution >= 0.6 is 20.4 Å². The zero-order valence-electron chi connectivity index (χ0n) is 16.7. The molecule has 0 spiro atoms. The van der Waals surface area contributed by atoms with Crippen LogP contribution < -0.4 is 0 Å². The maximum absolute atomic E-state index is 5.55. The van der Waals surface area contributed by atoms with Gasteiger partial charge in [-0.25, -0.2) is 0 Å². The van der Waals surface area contributed by atoms with Crippen molar-refractivity contribution in [2.45, 2.75) is 51.1 Å². The fourth-order valence-electron chi connectivity index (χ4n) is 2.62. The van der Waals surface area contributed by atoms with Crippen LogP contribution in [0.5, 0.6) is 0 Å². The summed E-state index contributed by atoms with van der Waals surface area (Å²) in [5.41, 5.74) is 0. The van der Waals surface area contributed by atoms with E-state index in [0.29, 0.717) is 0 Å². The number of hydrogen-bond donors (Lipinski definition) is 0. The van der Waals surface area contributed by atoms with Crippen molar-refractivity contribution in [2.75, 3.05) is 0 Å². The summed E-state index contributed by atoms with van der Waals surface area (Å²) in [6.07, 6.45) is 2.25. The Kier molecular flexibility index (Phi) is 7.59. The van der Waals surface area contributed by atoms with Gasteiger partial charge in [0.25, 0.3) is 0 Å². The second-order valence-electron chi connectivity index (χ2n) is 8.98. The average molecular weight is 337 g/mol. The fourth-order valence-corrected chi connectivity index (χ4v) is 11.0. The van der Waals surface area contributed by atoms with E-state index in [-0.39, 0.29) is 10.6 Å². The normalized spacial score (nSPS) is 20.0. The molecular weight excluding hydrogens is 304 g/mol. The van der Waals surface area contributed by atoms with E-state index in [9.17, 15) is 0 Å². The van der Waals surface area contributed by atoms with Gasteiger partial charge in [-0.05, 0) is 0 Å². The van der Waals surface area contributed by atoms with Crippen molar-refractivity contribution in [3.05, 3.63) is 0 Å². The molecule has 21 heavy (non-hydrogen) atoms. The summed E-state index contributed by atoms with van der Waals surface area (Å²) in [5, 5.41) is 0.196. The summed E-state index contributed by atoms with van der Waals surface area (Å²) in [6.45, 7) is 5.36. The van der Waals surface area contributed by atoms with Crippen molar-refractivity contribution in [1.29, 1.82) is 0 Å². The summed E-state index contributed by atoms with van der Waals surface area (Å²) in [4.78, 5) is 0. The second-order valence-corrected chi connectivity index (χ2v) is 22.6. The summed E-state index contributed by atoms with van der Waals surface area (Å²) in [6, 6.07) is 0. The van der Waals surface area contributed by atoms with Crippen LogP contribution in [0.2, 0.25) is 0 Å². The predicted octanol–water partition coefficient (Wildman–Crippen LogP) is -2.22. The zero-order valence-corrected chi connectivity index (χ0v) is 19.5. The Balaban J connectivity index is 6.23. The van der Waals surface area contributed by atoms with E-state index in [1.54, 1.807) is 0 Å². The maximum atomic E-state index is 5.55. The Morgan fingerprint density at radius 1 is 0.857 bits per heavy atom. The second kappa shape index (κ2) is 7.11. The molecule has 2 unspecified atom stereocenters. The van der Waals surface area contributed by atoms with E-state index in [1.165, 1.54) is 0 Å². The zero-order chi connectivity index (χ0) is 17.3. The van der Waals surface area contributed by atoms with Crippen LogP contribution in [-0.2, 0) is 0 Å². The molecule has 2 nitrogen and oxygen atoms in total. The third kappa shape index (κ3) is 5.76. The van der Waals surface area contributed by atoms with E-state index in [1.807, 2.05) is 0 Å². The Morgan fingerprint density at radius 3 is 1.52 bits per heavy atom. The van der Waals surface area contributed by atoms with Gasteiger partial charge in [-0.3, -0.25) is 0 Å². The summed E-state index contributed by atoms with van der Waals surface area (Å²) >= 11 is 0. The van der Waals surface area contributed by atoms with Gasteiger partial charge in [0.05, 0.1) is 0 Å². The monoisotopic (exact) mass is 338 g/mol. The molecule has 0 aromatic carbocycles. The van der Waals surface area contributed by atoms with Gasteiger partial charge in [-0.1, -0.05) is 0 Å². The van der Waals surface area contributed by atoms with Crippen molar-refractivity contribution in [3.63, 3.8) is 0 Å². The van der Waals surface area contributed by atoms with E-state index in [2.05, 4.69) is 88.2 Å². The van der Waals surface area contributed by atoms with Gasteiger partial charge in [0, 0.05) is 0 Å². The first kappa shape index (κ1) is 22.4. The minimum absolute atomic E-state index is 0.0368. The van der Waals surface area contributed by atoms with Gasteiger partial charge in [-0.15, -0.1) is 0 Å². The molecule has 0 rings (SSSR count). The average Bonchev–Trinajstić information content (AvgIpc) is 2.24. The number of nitrogens with zero attached hydrogens (tertiary/aromatic N) is 2. The molecule has 2 atom stereocenters. The third-order valence-electron chi connectivity index (χ3n) is 5.14. The Labute approximate surface area is 141 Å². The van der Waals surface area contributed by atoms with Crippen LogP contribution in [0.25, 0.3) is 0 Å². The van der Waals surface area contributed by atoms with Crippen LogP contribution in [0.3, 0.4) is 0 Å². The first-order valence-electron chi connectivity index (χ1n) is 8.18. The fraction of sp³-hybridized carbons (Fsp3) is 1.00. The van der Waals surface area contributed by atoms with Crippen LogP contribution in [-0.4, -0.2) is 71.1 Å². The van der Waals surface area contributed by atoms with E-state index < -0.39 is 20.4 Å². The number of rotatable bonds is 6. The Bertz CT molecular complexity index is 472. The van der Waals surface area contributed by atoms with Crippen LogP contribution in [0.15, 0.2) is 9.49 Å². The Morgan fingerprint density at radius 2 is 1.29 bits per heavy atom. The molecule has 0 saturated heterocycles. The van der Waals surface area contributed by atoms with Crippen molar-refractivity contribution >= 4 is 80.9 Å². The molecule has 0 N–H and O–H groups in total. The standard InChI is InChI=1S/C8H33B8N2P3/c1-5-7(3,19(9,10)11)17-20(12,13)8(4,6-2)18-21(14,15)16/h19H,5-6,9-16H2,1-4H3. The van der Waals surface area contributed by atoms with Gasteiger partial charge in [0.15, 0.2) is 0 Å². The molecule has 0 fully saturated rings. The van der Waals surface area contributed by atoms with E-state index in [4.69, 9.17) is 9.49 Å². The molecule has 0 aromatic rings. The molecule has 0 heterocycles. The predicted molar refractivity (Wildman–Crippen MR) is 133 cm³/mol. The number of hydrogen-bond acceptors (Lipinski definition) is 2. The van der Waals surface area contributed by atoms with Gasteiger partial charge in [0.2, 0.25) is 0 Å². The molecule has 13 heteroatoms. The topological polar surface area (TPSA) is 24.7 Å². The first-order valence-corrected chi connectivity index (χ1v) is 17.4. The summed E-state index contributed by atoms with van der Waals surface area (Å²) in [7, 11) is 19.1. The van der Waals surface area contributed by atoms with Gasteiger partial charge in [0.1, 0.15) is 0 Å². The quantitative estimate of drug-likeness (QED) is 0.388. The molecule has 0 aromatic heterocycles. The summed E-state index contributed by atoms with van der Waals surface area (Å²) in [5.74, 6) is 0. The summed E-state index contributed by atoms with van der Waals surface area (Å²) < 4.78 is 10.9. The van der Waals surface area contributed by atoms with Crippen LogP contribution in [0.1, 0.15) is 40.5 Å². The SMILES string of the molecule is BP(B)(B)=NC(C)(CC)P(B)(B)=NC(C)(CC)[PH](B)(B)B. The molecule has 0 radical (unpaired) electrons. The molecule has 0 saturated carbocycles. The third-order valence-corrected chi connectivity index (χ3v) is 13.9. The minimum atomic E-state index is -1.47. The van der Waals surface area contributed by atoms with Crippen molar-refractivity contribution in [3.8, 4) is 0 Å². The Hall–Kier alpha value is 1.41. The van der Waals surface area contributed by atoms with E-state index >= 15 is 0 Å². The van der Waals surface area contributed by atoms with Crippen molar-refractivity contribution in [1.82, 2.24) is 0 Å². The molecule has 114 valence electrons. The van der Waals surface area contributed by atoms with Gasteiger partial charge < -0.3 is 0 Å². The molecule has 0 amide bonds.